The highest BCUT2D eigenvalue weighted by Gasteiger charge is 2.17. The van der Waals surface area contributed by atoms with E-state index >= 15 is 0 Å². The van der Waals surface area contributed by atoms with E-state index in [-0.39, 0.29) is 5.91 Å². The fraction of sp³-hybridized carbons (Fsp3) is 0.316. The third-order valence-corrected chi connectivity index (χ3v) is 4.58. The van der Waals surface area contributed by atoms with Crippen LogP contribution in [0.2, 0.25) is 0 Å². The van der Waals surface area contributed by atoms with Gasteiger partial charge in [0.2, 0.25) is 0 Å². The molecule has 0 aliphatic carbocycles. The zero-order valence-corrected chi connectivity index (χ0v) is 15.5. The lowest BCUT2D eigenvalue weighted by Crippen LogP contribution is -2.30. The monoisotopic (exact) mass is 375 g/mol. The molecule has 2 aromatic carbocycles. The maximum atomic E-state index is 12.4. The summed E-state index contributed by atoms with van der Waals surface area (Å²) in [7, 11) is 0. The minimum Gasteiger partial charge on any atom is -0.481 e. The van der Waals surface area contributed by atoms with Crippen molar-refractivity contribution < 1.29 is 9.53 Å². The molecular weight excluding hydrogens is 354 g/mol. The number of rotatable bonds is 5. The molecule has 0 spiro atoms. The Morgan fingerprint density at radius 1 is 1.26 bits per heavy atom. The van der Waals surface area contributed by atoms with Crippen molar-refractivity contribution in [3.63, 3.8) is 0 Å². The SMILES string of the molecule is CCc1ccc(NC(=O)C(C)Oc2cccc(C)c2C)c(Br)c1. The Morgan fingerprint density at radius 2 is 2.00 bits per heavy atom. The van der Waals surface area contributed by atoms with Crippen LogP contribution < -0.4 is 10.1 Å². The summed E-state index contributed by atoms with van der Waals surface area (Å²) in [5.74, 6) is 0.573. The number of hydrogen-bond acceptors (Lipinski definition) is 2. The minimum absolute atomic E-state index is 0.171. The lowest BCUT2D eigenvalue weighted by Gasteiger charge is -2.17. The summed E-state index contributed by atoms with van der Waals surface area (Å²) >= 11 is 3.50. The van der Waals surface area contributed by atoms with Crippen LogP contribution in [0.1, 0.15) is 30.5 Å². The predicted octanol–water partition coefficient (Wildman–Crippen LogP) is 5.03. The molecule has 0 heterocycles. The molecule has 1 amide bonds. The van der Waals surface area contributed by atoms with Gasteiger partial charge in [-0.15, -0.1) is 0 Å². The standard InChI is InChI=1S/C19H22BrNO2/c1-5-15-9-10-17(16(20)11-15)21-19(22)14(4)23-18-8-6-7-12(2)13(18)3/h6-11,14H,5H2,1-4H3,(H,21,22). The van der Waals surface area contributed by atoms with Gasteiger partial charge in [0.1, 0.15) is 5.75 Å². The molecule has 0 bridgehead atoms. The molecule has 0 aromatic heterocycles. The Kier molecular flexibility index (Phi) is 5.83. The van der Waals surface area contributed by atoms with E-state index < -0.39 is 6.10 Å². The summed E-state index contributed by atoms with van der Waals surface area (Å²) in [6.45, 7) is 7.88. The van der Waals surface area contributed by atoms with Gasteiger partial charge >= 0.3 is 0 Å². The number of anilines is 1. The summed E-state index contributed by atoms with van der Waals surface area (Å²) in [4.78, 5) is 12.4. The summed E-state index contributed by atoms with van der Waals surface area (Å²) in [6.07, 6.45) is 0.382. The molecule has 0 saturated carbocycles. The number of hydrogen-bond donors (Lipinski definition) is 1. The lowest BCUT2D eigenvalue weighted by molar-refractivity contribution is -0.122. The van der Waals surface area contributed by atoms with Crippen molar-refractivity contribution in [2.75, 3.05) is 5.32 Å². The van der Waals surface area contributed by atoms with Gasteiger partial charge in [-0.2, -0.15) is 0 Å². The van der Waals surface area contributed by atoms with Crippen LogP contribution in [0, 0.1) is 13.8 Å². The van der Waals surface area contributed by atoms with E-state index in [0.717, 1.165) is 33.5 Å². The van der Waals surface area contributed by atoms with Gasteiger partial charge in [0, 0.05) is 4.47 Å². The van der Waals surface area contributed by atoms with E-state index in [1.54, 1.807) is 6.92 Å². The second-order valence-corrected chi connectivity index (χ2v) is 6.47. The molecule has 2 rings (SSSR count). The van der Waals surface area contributed by atoms with Gasteiger partial charge in [0.05, 0.1) is 5.69 Å². The Bertz CT molecular complexity index is 713. The first-order chi connectivity index (χ1) is 10.9. The number of amides is 1. The first-order valence-corrected chi connectivity index (χ1v) is 8.53. The predicted molar refractivity (Wildman–Crippen MR) is 98.2 cm³/mol. The molecule has 122 valence electrons. The van der Waals surface area contributed by atoms with Gasteiger partial charge in [0.15, 0.2) is 6.10 Å². The number of carbonyl (C=O) groups excluding carboxylic acids is 1. The fourth-order valence-corrected chi connectivity index (χ4v) is 2.74. The van der Waals surface area contributed by atoms with Crippen molar-refractivity contribution in [2.24, 2.45) is 0 Å². The zero-order valence-electron chi connectivity index (χ0n) is 13.9. The fourth-order valence-electron chi connectivity index (χ4n) is 2.21. The number of aryl methyl sites for hydroxylation is 2. The number of halogens is 1. The van der Waals surface area contributed by atoms with Gasteiger partial charge in [-0.1, -0.05) is 25.1 Å². The Morgan fingerprint density at radius 3 is 2.65 bits per heavy atom. The molecule has 0 fully saturated rings. The molecule has 0 aliphatic rings. The highest BCUT2D eigenvalue weighted by atomic mass is 79.9. The number of benzene rings is 2. The van der Waals surface area contributed by atoms with Crippen molar-refractivity contribution >= 4 is 27.5 Å². The van der Waals surface area contributed by atoms with Crippen LogP contribution in [0.25, 0.3) is 0 Å². The third-order valence-electron chi connectivity index (χ3n) is 3.93. The summed E-state index contributed by atoms with van der Waals surface area (Å²) < 4.78 is 6.70. The molecule has 1 atom stereocenters. The van der Waals surface area contributed by atoms with E-state index in [4.69, 9.17) is 4.74 Å². The second-order valence-electron chi connectivity index (χ2n) is 5.62. The van der Waals surface area contributed by atoms with E-state index in [1.807, 2.05) is 50.2 Å². The normalized spacial score (nSPS) is 11.9. The van der Waals surface area contributed by atoms with Crippen molar-refractivity contribution in [1.29, 1.82) is 0 Å². The lowest BCUT2D eigenvalue weighted by atomic mass is 10.1. The van der Waals surface area contributed by atoms with Crippen molar-refractivity contribution in [3.8, 4) is 5.75 Å². The highest BCUT2D eigenvalue weighted by Crippen LogP contribution is 2.25. The number of ether oxygens (including phenoxy) is 1. The highest BCUT2D eigenvalue weighted by molar-refractivity contribution is 9.10. The zero-order chi connectivity index (χ0) is 17.0. The summed E-state index contributed by atoms with van der Waals surface area (Å²) in [5.41, 5.74) is 4.17. The first kappa shape index (κ1) is 17.5. The molecule has 0 aliphatic heterocycles. The van der Waals surface area contributed by atoms with Gasteiger partial charge in [-0.3, -0.25) is 4.79 Å². The maximum Gasteiger partial charge on any atom is 0.265 e. The van der Waals surface area contributed by atoms with Crippen LogP contribution in [0.15, 0.2) is 40.9 Å². The van der Waals surface area contributed by atoms with Crippen LogP contribution >= 0.6 is 15.9 Å². The molecular formula is C19H22BrNO2. The van der Waals surface area contributed by atoms with E-state index in [1.165, 1.54) is 5.56 Å². The Balaban J connectivity index is 2.07. The van der Waals surface area contributed by atoms with Crippen LogP contribution in [0.3, 0.4) is 0 Å². The largest absolute Gasteiger partial charge is 0.481 e. The van der Waals surface area contributed by atoms with Gasteiger partial charge in [-0.25, -0.2) is 0 Å². The molecule has 1 unspecified atom stereocenters. The molecule has 4 heteroatoms. The van der Waals surface area contributed by atoms with Gasteiger partial charge < -0.3 is 10.1 Å². The first-order valence-electron chi connectivity index (χ1n) is 7.74. The topological polar surface area (TPSA) is 38.3 Å². The molecule has 0 saturated heterocycles. The Hall–Kier alpha value is -1.81. The quantitative estimate of drug-likeness (QED) is 0.795. The van der Waals surface area contributed by atoms with Crippen molar-refractivity contribution in [2.45, 2.75) is 40.2 Å². The second kappa shape index (κ2) is 7.64. The van der Waals surface area contributed by atoms with Crippen LogP contribution in [0.4, 0.5) is 5.69 Å². The van der Waals surface area contributed by atoms with Crippen LogP contribution in [-0.2, 0) is 11.2 Å². The molecule has 1 N–H and O–H groups in total. The Labute approximate surface area is 146 Å². The third kappa shape index (κ3) is 4.35. The van der Waals surface area contributed by atoms with E-state index in [9.17, 15) is 4.79 Å². The molecule has 2 aromatic rings. The summed E-state index contributed by atoms with van der Waals surface area (Å²) in [6, 6.07) is 11.8. The number of nitrogens with one attached hydrogen (secondary N) is 1. The van der Waals surface area contributed by atoms with Crippen molar-refractivity contribution in [1.82, 2.24) is 0 Å². The average molecular weight is 376 g/mol. The van der Waals surface area contributed by atoms with Gasteiger partial charge in [-0.05, 0) is 78.0 Å². The van der Waals surface area contributed by atoms with Crippen LogP contribution in [0.5, 0.6) is 5.75 Å². The molecule has 23 heavy (non-hydrogen) atoms. The average Bonchev–Trinajstić information content (AvgIpc) is 2.53. The maximum absolute atomic E-state index is 12.4. The number of carbonyl (C=O) groups is 1. The minimum atomic E-state index is -0.576. The van der Waals surface area contributed by atoms with Crippen molar-refractivity contribution in [3.05, 3.63) is 57.6 Å². The molecule has 0 radical (unpaired) electrons. The smallest absolute Gasteiger partial charge is 0.265 e. The molecule has 3 nitrogen and oxygen atoms in total. The van der Waals surface area contributed by atoms with Gasteiger partial charge in [0.25, 0.3) is 5.91 Å². The van der Waals surface area contributed by atoms with E-state index in [2.05, 4.69) is 28.2 Å². The van der Waals surface area contributed by atoms with Crippen LogP contribution in [-0.4, -0.2) is 12.0 Å². The van der Waals surface area contributed by atoms with E-state index in [0.29, 0.717) is 0 Å². The summed E-state index contributed by atoms with van der Waals surface area (Å²) in [5, 5.41) is 2.90.